The van der Waals surface area contributed by atoms with Gasteiger partial charge in [-0.2, -0.15) is 0 Å². The van der Waals surface area contributed by atoms with Gasteiger partial charge >= 0.3 is 0 Å². The molecular weight excluding hydrogens is 312 g/mol. The minimum absolute atomic E-state index is 0.152. The topological polar surface area (TPSA) is 45.1 Å². The molecule has 0 saturated carbocycles. The zero-order valence-electron chi connectivity index (χ0n) is 11.1. The predicted molar refractivity (Wildman–Crippen MR) is 81.0 cm³/mol. The standard InChI is InChI=1S/C13H21BrN2OS/c1-10(2)16-13(3,9-17)6-7-18-12-5-4-11(14)8-15-12/h4-5,8,10,16-17H,6-7,9H2,1-3H3. The van der Waals surface area contributed by atoms with Crippen molar-refractivity contribution in [1.82, 2.24) is 10.3 Å². The van der Waals surface area contributed by atoms with Crippen molar-refractivity contribution in [2.45, 2.75) is 43.8 Å². The number of aromatic nitrogens is 1. The minimum Gasteiger partial charge on any atom is -0.394 e. The van der Waals surface area contributed by atoms with Crippen molar-refractivity contribution in [2.24, 2.45) is 0 Å². The first-order valence-corrected chi connectivity index (χ1v) is 7.86. The van der Waals surface area contributed by atoms with Crippen molar-refractivity contribution in [3.05, 3.63) is 22.8 Å². The van der Waals surface area contributed by atoms with Gasteiger partial charge in [0.2, 0.25) is 0 Å². The van der Waals surface area contributed by atoms with E-state index >= 15 is 0 Å². The fraction of sp³-hybridized carbons (Fsp3) is 0.615. The lowest BCUT2D eigenvalue weighted by Crippen LogP contribution is -2.49. The lowest BCUT2D eigenvalue weighted by atomic mass is 9.99. The maximum Gasteiger partial charge on any atom is 0.0960 e. The van der Waals surface area contributed by atoms with Gasteiger partial charge in [0.05, 0.1) is 11.6 Å². The third kappa shape index (κ3) is 5.69. The van der Waals surface area contributed by atoms with E-state index in [1.54, 1.807) is 18.0 Å². The van der Waals surface area contributed by atoms with Crippen molar-refractivity contribution in [3.8, 4) is 0 Å². The van der Waals surface area contributed by atoms with E-state index in [4.69, 9.17) is 0 Å². The molecule has 1 heterocycles. The van der Waals surface area contributed by atoms with Crippen LogP contribution in [0.4, 0.5) is 0 Å². The van der Waals surface area contributed by atoms with Gasteiger partial charge in [0, 0.05) is 28.0 Å². The van der Waals surface area contributed by atoms with E-state index in [1.165, 1.54) is 0 Å². The molecule has 18 heavy (non-hydrogen) atoms. The Morgan fingerprint density at radius 1 is 1.50 bits per heavy atom. The summed E-state index contributed by atoms with van der Waals surface area (Å²) in [7, 11) is 0. The van der Waals surface area contributed by atoms with Gasteiger partial charge in [0.1, 0.15) is 0 Å². The highest BCUT2D eigenvalue weighted by molar-refractivity contribution is 9.10. The van der Waals surface area contributed by atoms with Gasteiger partial charge in [-0.1, -0.05) is 13.8 Å². The molecule has 1 rings (SSSR count). The molecule has 0 aromatic carbocycles. The molecule has 2 N–H and O–H groups in total. The highest BCUT2D eigenvalue weighted by atomic mass is 79.9. The zero-order chi connectivity index (χ0) is 13.6. The summed E-state index contributed by atoms with van der Waals surface area (Å²) in [4.78, 5) is 4.32. The first kappa shape index (κ1) is 16.0. The zero-order valence-corrected chi connectivity index (χ0v) is 13.5. The Morgan fingerprint density at radius 2 is 2.22 bits per heavy atom. The summed E-state index contributed by atoms with van der Waals surface area (Å²) < 4.78 is 0.994. The Balaban J connectivity index is 2.41. The van der Waals surface area contributed by atoms with Crippen molar-refractivity contribution >= 4 is 27.7 Å². The van der Waals surface area contributed by atoms with E-state index < -0.39 is 0 Å². The highest BCUT2D eigenvalue weighted by Crippen LogP contribution is 2.21. The summed E-state index contributed by atoms with van der Waals surface area (Å²) in [5, 5.41) is 13.9. The minimum atomic E-state index is -0.212. The van der Waals surface area contributed by atoms with E-state index in [2.05, 4.69) is 47.0 Å². The molecular formula is C13H21BrN2OS. The van der Waals surface area contributed by atoms with Gasteiger partial charge in [-0.25, -0.2) is 4.98 Å². The maximum absolute atomic E-state index is 9.47. The van der Waals surface area contributed by atoms with E-state index in [1.807, 2.05) is 12.1 Å². The number of aliphatic hydroxyl groups is 1. The monoisotopic (exact) mass is 332 g/mol. The molecule has 0 aliphatic carbocycles. The van der Waals surface area contributed by atoms with Crippen LogP contribution in [-0.4, -0.2) is 34.0 Å². The van der Waals surface area contributed by atoms with Crippen LogP contribution in [-0.2, 0) is 0 Å². The van der Waals surface area contributed by atoms with Crippen LogP contribution >= 0.6 is 27.7 Å². The summed E-state index contributed by atoms with van der Waals surface area (Å²) in [5.74, 6) is 0.936. The molecule has 0 bridgehead atoms. The van der Waals surface area contributed by atoms with Crippen molar-refractivity contribution < 1.29 is 5.11 Å². The van der Waals surface area contributed by atoms with Gasteiger partial charge in [-0.3, -0.25) is 0 Å². The lowest BCUT2D eigenvalue weighted by Gasteiger charge is -2.31. The third-order valence-electron chi connectivity index (χ3n) is 2.59. The first-order chi connectivity index (χ1) is 8.45. The molecule has 3 nitrogen and oxygen atoms in total. The third-order valence-corrected chi connectivity index (χ3v) is 4.00. The number of pyridine rings is 1. The Labute approximate surface area is 122 Å². The average molecular weight is 333 g/mol. The van der Waals surface area contributed by atoms with Gasteiger partial charge in [0.25, 0.3) is 0 Å². The molecule has 1 aromatic heterocycles. The smallest absolute Gasteiger partial charge is 0.0960 e. The Hall–Kier alpha value is -0.100. The van der Waals surface area contributed by atoms with Crippen molar-refractivity contribution in [3.63, 3.8) is 0 Å². The van der Waals surface area contributed by atoms with Crippen molar-refractivity contribution in [1.29, 1.82) is 0 Å². The number of hydrogen-bond donors (Lipinski definition) is 2. The first-order valence-electron chi connectivity index (χ1n) is 6.08. The van der Waals surface area contributed by atoms with E-state index in [0.717, 1.165) is 21.7 Å². The van der Waals surface area contributed by atoms with Crippen LogP contribution < -0.4 is 5.32 Å². The second-order valence-electron chi connectivity index (χ2n) is 4.93. The molecule has 102 valence electrons. The molecule has 0 fully saturated rings. The largest absolute Gasteiger partial charge is 0.394 e. The van der Waals surface area contributed by atoms with E-state index in [-0.39, 0.29) is 12.1 Å². The maximum atomic E-state index is 9.47. The molecule has 0 aliphatic rings. The molecule has 0 spiro atoms. The number of nitrogens with zero attached hydrogens (tertiary/aromatic N) is 1. The second kappa shape index (κ2) is 7.48. The molecule has 1 aromatic rings. The Kier molecular flexibility index (Phi) is 6.63. The molecule has 0 saturated heterocycles. The number of nitrogens with one attached hydrogen (secondary N) is 1. The SMILES string of the molecule is CC(C)NC(C)(CO)CCSc1ccc(Br)cn1. The number of hydrogen-bond acceptors (Lipinski definition) is 4. The number of thioether (sulfide) groups is 1. The van der Waals surface area contributed by atoms with Gasteiger partial charge < -0.3 is 10.4 Å². The predicted octanol–water partition coefficient (Wildman–Crippen LogP) is 3.08. The number of rotatable bonds is 7. The van der Waals surface area contributed by atoms with E-state index in [9.17, 15) is 5.11 Å². The molecule has 1 unspecified atom stereocenters. The second-order valence-corrected chi connectivity index (χ2v) is 6.96. The summed E-state index contributed by atoms with van der Waals surface area (Å²) in [6, 6.07) is 4.37. The van der Waals surface area contributed by atoms with Gasteiger partial charge in [-0.05, 0) is 41.4 Å². The molecule has 0 aliphatic heterocycles. The van der Waals surface area contributed by atoms with Crippen LogP contribution in [0.15, 0.2) is 27.8 Å². The molecule has 0 amide bonds. The summed E-state index contributed by atoms with van der Waals surface area (Å²) >= 11 is 5.08. The lowest BCUT2D eigenvalue weighted by molar-refractivity contribution is 0.162. The molecule has 5 heteroatoms. The van der Waals surface area contributed by atoms with Crippen LogP contribution in [0.3, 0.4) is 0 Å². The van der Waals surface area contributed by atoms with Gasteiger partial charge in [0.15, 0.2) is 0 Å². The van der Waals surface area contributed by atoms with Gasteiger partial charge in [-0.15, -0.1) is 11.8 Å². The van der Waals surface area contributed by atoms with Crippen LogP contribution in [0.2, 0.25) is 0 Å². The number of halogens is 1. The van der Waals surface area contributed by atoms with Crippen LogP contribution in [0.5, 0.6) is 0 Å². The number of aliphatic hydroxyl groups excluding tert-OH is 1. The molecule has 1 atom stereocenters. The summed E-state index contributed by atoms with van der Waals surface area (Å²) in [6.07, 6.45) is 2.71. The quantitative estimate of drug-likeness (QED) is 0.753. The Morgan fingerprint density at radius 3 is 2.72 bits per heavy atom. The highest BCUT2D eigenvalue weighted by Gasteiger charge is 2.23. The normalized spacial score (nSPS) is 14.8. The molecule has 0 radical (unpaired) electrons. The summed E-state index contributed by atoms with van der Waals surface area (Å²) in [6.45, 7) is 6.40. The van der Waals surface area contributed by atoms with Crippen LogP contribution in [0.1, 0.15) is 27.2 Å². The van der Waals surface area contributed by atoms with Crippen LogP contribution in [0.25, 0.3) is 0 Å². The fourth-order valence-electron chi connectivity index (χ4n) is 1.72. The summed E-state index contributed by atoms with van der Waals surface area (Å²) in [5.41, 5.74) is -0.212. The average Bonchev–Trinajstić information content (AvgIpc) is 2.31. The van der Waals surface area contributed by atoms with Crippen LogP contribution in [0, 0.1) is 0 Å². The Bertz CT molecular complexity index is 359. The van der Waals surface area contributed by atoms with E-state index in [0.29, 0.717) is 6.04 Å². The van der Waals surface area contributed by atoms with Crippen molar-refractivity contribution in [2.75, 3.05) is 12.4 Å². The fourth-order valence-corrected chi connectivity index (χ4v) is 3.01.